The Bertz CT molecular complexity index is 1590. The number of hydrogen-bond donors (Lipinski definition) is 1. The van der Waals surface area contributed by atoms with Gasteiger partial charge in [-0.2, -0.15) is 5.10 Å². The molecule has 0 unspecified atom stereocenters. The van der Waals surface area contributed by atoms with Crippen molar-refractivity contribution in [3.63, 3.8) is 0 Å². The minimum absolute atomic E-state index is 0.240. The van der Waals surface area contributed by atoms with Crippen LogP contribution in [0.3, 0.4) is 0 Å². The van der Waals surface area contributed by atoms with Crippen LogP contribution in [0.5, 0.6) is 0 Å². The Labute approximate surface area is 214 Å². The standard InChI is InChI=1S/C30H26FN5O/c1-20-9-6-7-12-26(20)32-30(37)35-19-25-21(2)33-36(24-10-4-3-5-11-24)29(25)34-18-8-13-27(34)28(35)22-14-16-23(31)17-15-22/h3-18,28H,19H2,1-2H3,(H,32,37)/t28-/m1/s1. The van der Waals surface area contributed by atoms with Crippen molar-refractivity contribution in [3.8, 4) is 11.5 Å². The van der Waals surface area contributed by atoms with E-state index in [0.29, 0.717) is 6.54 Å². The highest BCUT2D eigenvalue weighted by Gasteiger charge is 2.36. The van der Waals surface area contributed by atoms with Crippen molar-refractivity contribution in [2.24, 2.45) is 0 Å². The number of anilines is 1. The van der Waals surface area contributed by atoms with E-state index in [1.807, 2.05) is 91.5 Å². The molecule has 1 atom stereocenters. The van der Waals surface area contributed by atoms with Gasteiger partial charge >= 0.3 is 6.03 Å². The van der Waals surface area contributed by atoms with Gasteiger partial charge in [-0.25, -0.2) is 13.9 Å². The van der Waals surface area contributed by atoms with Gasteiger partial charge in [0.1, 0.15) is 11.6 Å². The zero-order valence-corrected chi connectivity index (χ0v) is 20.6. The van der Waals surface area contributed by atoms with Gasteiger partial charge in [-0.15, -0.1) is 0 Å². The van der Waals surface area contributed by atoms with Crippen molar-refractivity contribution in [1.82, 2.24) is 19.2 Å². The number of amides is 2. The molecular formula is C30H26FN5O. The van der Waals surface area contributed by atoms with E-state index in [1.54, 1.807) is 17.0 Å². The first kappa shape index (κ1) is 22.8. The Balaban J connectivity index is 1.54. The van der Waals surface area contributed by atoms with Gasteiger partial charge in [0.15, 0.2) is 0 Å². The Hall–Kier alpha value is -4.65. The summed E-state index contributed by atoms with van der Waals surface area (Å²) in [5, 5.41) is 7.98. The Morgan fingerprint density at radius 2 is 1.65 bits per heavy atom. The molecule has 0 saturated heterocycles. The number of para-hydroxylation sites is 2. The van der Waals surface area contributed by atoms with Crippen LogP contribution < -0.4 is 5.32 Å². The predicted molar refractivity (Wildman–Crippen MR) is 142 cm³/mol. The fourth-order valence-electron chi connectivity index (χ4n) is 5.05. The summed E-state index contributed by atoms with van der Waals surface area (Å²) in [6.07, 6.45) is 1.99. The lowest BCUT2D eigenvalue weighted by atomic mass is 10.0. The van der Waals surface area contributed by atoms with E-state index in [0.717, 1.165) is 45.3 Å². The fraction of sp³-hybridized carbons (Fsp3) is 0.133. The lowest BCUT2D eigenvalue weighted by molar-refractivity contribution is 0.194. The van der Waals surface area contributed by atoms with Crippen LogP contribution in [-0.2, 0) is 6.54 Å². The second-order valence-corrected chi connectivity index (χ2v) is 9.27. The minimum Gasteiger partial charge on any atom is -0.308 e. The number of urea groups is 1. The maximum Gasteiger partial charge on any atom is 0.322 e. The lowest BCUT2D eigenvalue weighted by Gasteiger charge is -2.31. The number of carbonyl (C=O) groups is 1. The first-order chi connectivity index (χ1) is 18.0. The van der Waals surface area contributed by atoms with E-state index in [4.69, 9.17) is 5.10 Å². The number of aryl methyl sites for hydroxylation is 2. The zero-order valence-electron chi connectivity index (χ0n) is 20.6. The summed E-state index contributed by atoms with van der Waals surface area (Å²) >= 11 is 0. The average Bonchev–Trinajstić information content (AvgIpc) is 3.47. The van der Waals surface area contributed by atoms with Gasteiger partial charge in [-0.1, -0.05) is 48.5 Å². The summed E-state index contributed by atoms with van der Waals surface area (Å²) in [5.74, 6) is 0.574. The van der Waals surface area contributed by atoms with Gasteiger partial charge in [0.05, 0.1) is 29.7 Å². The number of benzene rings is 3. The van der Waals surface area contributed by atoms with Crippen LogP contribution in [-0.4, -0.2) is 25.3 Å². The highest BCUT2D eigenvalue weighted by Crippen LogP contribution is 2.38. The van der Waals surface area contributed by atoms with Crippen molar-refractivity contribution in [2.45, 2.75) is 26.4 Å². The molecule has 2 aromatic heterocycles. The summed E-state index contributed by atoms with van der Waals surface area (Å²) in [5.41, 5.74) is 6.16. The number of hydrogen-bond acceptors (Lipinski definition) is 2. The first-order valence-corrected chi connectivity index (χ1v) is 12.2. The van der Waals surface area contributed by atoms with E-state index < -0.39 is 6.04 Å². The number of aromatic nitrogens is 3. The molecule has 0 bridgehead atoms. The summed E-state index contributed by atoms with van der Waals surface area (Å²) in [6, 6.07) is 27.3. The molecule has 1 aliphatic rings. The summed E-state index contributed by atoms with van der Waals surface area (Å²) in [4.78, 5) is 15.8. The lowest BCUT2D eigenvalue weighted by Crippen LogP contribution is -2.38. The van der Waals surface area contributed by atoms with Crippen LogP contribution in [0, 0.1) is 19.7 Å². The molecule has 184 valence electrons. The van der Waals surface area contributed by atoms with Crippen molar-refractivity contribution in [2.75, 3.05) is 5.32 Å². The normalized spacial score (nSPS) is 14.6. The number of fused-ring (bicyclic) bond motifs is 3. The van der Waals surface area contributed by atoms with Gasteiger partial charge in [-0.05, 0) is 67.4 Å². The third-order valence-electron chi connectivity index (χ3n) is 6.92. The third kappa shape index (κ3) is 3.98. The number of nitrogens with one attached hydrogen (secondary N) is 1. The molecule has 0 fully saturated rings. The molecule has 5 aromatic rings. The molecule has 0 spiro atoms. The Morgan fingerprint density at radius 1 is 0.919 bits per heavy atom. The number of nitrogens with zero attached hydrogens (tertiary/aromatic N) is 4. The monoisotopic (exact) mass is 491 g/mol. The van der Waals surface area contributed by atoms with E-state index in [-0.39, 0.29) is 11.8 Å². The van der Waals surface area contributed by atoms with Crippen molar-refractivity contribution in [1.29, 1.82) is 0 Å². The molecule has 2 amide bonds. The molecule has 6 rings (SSSR count). The van der Waals surface area contributed by atoms with E-state index in [1.165, 1.54) is 12.1 Å². The van der Waals surface area contributed by atoms with Crippen molar-refractivity contribution < 1.29 is 9.18 Å². The molecule has 3 heterocycles. The number of halogens is 1. The molecule has 6 nitrogen and oxygen atoms in total. The zero-order chi connectivity index (χ0) is 25.5. The fourth-order valence-corrected chi connectivity index (χ4v) is 5.05. The van der Waals surface area contributed by atoms with E-state index >= 15 is 0 Å². The highest BCUT2D eigenvalue weighted by atomic mass is 19.1. The molecule has 1 aliphatic heterocycles. The molecule has 3 aromatic carbocycles. The van der Waals surface area contributed by atoms with Crippen molar-refractivity contribution >= 4 is 11.7 Å². The van der Waals surface area contributed by atoms with Crippen LogP contribution in [0.25, 0.3) is 11.5 Å². The average molecular weight is 492 g/mol. The number of rotatable bonds is 3. The van der Waals surface area contributed by atoms with Crippen LogP contribution in [0.2, 0.25) is 0 Å². The smallest absolute Gasteiger partial charge is 0.308 e. The molecule has 0 saturated carbocycles. The topological polar surface area (TPSA) is 55.1 Å². The molecule has 0 aliphatic carbocycles. The first-order valence-electron chi connectivity index (χ1n) is 12.2. The maximum absolute atomic E-state index is 14.0. The minimum atomic E-state index is -0.448. The largest absolute Gasteiger partial charge is 0.322 e. The molecule has 0 radical (unpaired) electrons. The second-order valence-electron chi connectivity index (χ2n) is 9.27. The predicted octanol–water partition coefficient (Wildman–Crippen LogP) is 6.56. The summed E-state index contributed by atoms with van der Waals surface area (Å²) < 4.78 is 17.9. The van der Waals surface area contributed by atoms with E-state index in [9.17, 15) is 9.18 Å². The quantitative estimate of drug-likeness (QED) is 0.311. The van der Waals surface area contributed by atoms with Crippen LogP contribution in [0.4, 0.5) is 14.9 Å². The highest BCUT2D eigenvalue weighted by molar-refractivity contribution is 5.91. The number of carbonyl (C=O) groups excluding carboxylic acids is 1. The van der Waals surface area contributed by atoms with Gasteiger partial charge in [0.25, 0.3) is 0 Å². The Morgan fingerprint density at radius 3 is 2.41 bits per heavy atom. The van der Waals surface area contributed by atoms with Gasteiger partial charge in [0, 0.05) is 17.4 Å². The third-order valence-corrected chi connectivity index (χ3v) is 6.92. The van der Waals surface area contributed by atoms with E-state index in [2.05, 4.69) is 9.88 Å². The molecular weight excluding hydrogens is 465 g/mol. The maximum atomic E-state index is 14.0. The molecule has 37 heavy (non-hydrogen) atoms. The van der Waals surface area contributed by atoms with Gasteiger partial charge in [-0.3, -0.25) is 0 Å². The van der Waals surface area contributed by atoms with Crippen LogP contribution in [0.1, 0.15) is 34.1 Å². The van der Waals surface area contributed by atoms with Crippen LogP contribution >= 0.6 is 0 Å². The van der Waals surface area contributed by atoms with Gasteiger partial charge in [0.2, 0.25) is 0 Å². The van der Waals surface area contributed by atoms with Crippen LogP contribution in [0.15, 0.2) is 97.2 Å². The Kier molecular flexibility index (Phi) is 5.60. The molecule has 1 N–H and O–H groups in total. The summed E-state index contributed by atoms with van der Waals surface area (Å²) in [7, 11) is 0. The van der Waals surface area contributed by atoms with Gasteiger partial charge < -0.3 is 14.8 Å². The van der Waals surface area contributed by atoms with Crippen molar-refractivity contribution in [3.05, 3.63) is 131 Å². The SMILES string of the molecule is Cc1ccccc1NC(=O)N1Cc2c(C)nn(-c3ccccc3)c2-n2cccc2[C@H]1c1ccc(F)cc1. The molecule has 7 heteroatoms. The summed E-state index contributed by atoms with van der Waals surface area (Å²) in [6.45, 7) is 4.26. The second kappa shape index (κ2) is 9.09.